The third kappa shape index (κ3) is 8.30. The smallest absolute Gasteiger partial charge is 0.251 e. The van der Waals surface area contributed by atoms with E-state index in [-0.39, 0.29) is 59.7 Å². The quantitative estimate of drug-likeness (QED) is 0.106. The fourth-order valence-electron chi connectivity index (χ4n) is 5.19. The lowest BCUT2D eigenvalue weighted by atomic mass is 10.00. The van der Waals surface area contributed by atoms with Gasteiger partial charge < -0.3 is 34.9 Å². The highest BCUT2D eigenvalue weighted by Crippen LogP contribution is 2.31. The van der Waals surface area contributed by atoms with Crippen LogP contribution in [-0.4, -0.2) is 93.1 Å². The minimum atomic E-state index is -0.850. The fraction of sp³-hybridized carbons (Fsp3) is 0.353. The van der Waals surface area contributed by atoms with Gasteiger partial charge >= 0.3 is 0 Å². The van der Waals surface area contributed by atoms with Crippen molar-refractivity contribution in [2.24, 2.45) is 0 Å². The molecule has 2 heterocycles. The van der Waals surface area contributed by atoms with Gasteiger partial charge in [-0.25, -0.2) is 4.39 Å². The van der Waals surface area contributed by atoms with Crippen LogP contribution in [0.5, 0.6) is 11.5 Å². The maximum atomic E-state index is 15.4. The molecule has 0 aliphatic carbocycles. The van der Waals surface area contributed by atoms with Gasteiger partial charge in [0.2, 0.25) is 0 Å². The first-order valence-corrected chi connectivity index (χ1v) is 15.4. The summed E-state index contributed by atoms with van der Waals surface area (Å²) < 4.78 is 37.0. The van der Waals surface area contributed by atoms with E-state index in [9.17, 15) is 14.4 Å². The van der Waals surface area contributed by atoms with Crippen molar-refractivity contribution in [2.75, 3.05) is 53.2 Å². The van der Waals surface area contributed by atoms with E-state index in [1.807, 2.05) is 13.0 Å². The van der Waals surface area contributed by atoms with Gasteiger partial charge in [-0.05, 0) is 42.8 Å². The number of carbonyl (C=O) groups excluding carboxylic acids is 3. The number of aromatic amines is 1. The third-order valence-electron chi connectivity index (χ3n) is 7.68. The number of hydrogen-bond donors (Lipinski definition) is 4. The molecule has 3 aromatic carbocycles. The molecule has 5 rings (SSSR count). The number of ketones is 1. The molecular formula is C34H38FN5O7. The van der Waals surface area contributed by atoms with Crippen LogP contribution in [0.25, 0.3) is 10.9 Å². The predicted molar refractivity (Wildman–Crippen MR) is 172 cm³/mol. The summed E-state index contributed by atoms with van der Waals surface area (Å²) >= 11 is 0. The Labute approximate surface area is 271 Å². The molecule has 1 fully saturated rings. The SMILES string of the molecule is CCCOCCOCCOc1ccc(OC)c(F)c1C(=O)c1ccc(C(=O)N[C@@H]2CNC[C@H]2NC(=O)c2ccc3cn[nH]c3c2)cc1. The maximum absolute atomic E-state index is 15.4. The van der Waals surface area contributed by atoms with Crippen molar-refractivity contribution in [3.8, 4) is 11.5 Å². The average molecular weight is 648 g/mol. The van der Waals surface area contributed by atoms with Crippen molar-refractivity contribution in [1.29, 1.82) is 0 Å². The Morgan fingerprint density at radius 3 is 2.15 bits per heavy atom. The summed E-state index contributed by atoms with van der Waals surface area (Å²) in [7, 11) is 1.31. The molecule has 2 amide bonds. The number of carbonyl (C=O) groups is 3. The normalized spacial score (nSPS) is 15.8. The average Bonchev–Trinajstić information content (AvgIpc) is 3.74. The van der Waals surface area contributed by atoms with Crippen LogP contribution in [0, 0.1) is 5.82 Å². The van der Waals surface area contributed by atoms with E-state index in [1.54, 1.807) is 18.3 Å². The van der Waals surface area contributed by atoms with Gasteiger partial charge in [0.25, 0.3) is 11.8 Å². The summed E-state index contributed by atoms with van der Waals surface area (Å²) in [6.07, 6.45) is 2.60. The Morgan fingerprint density at radius 1 is 0.830 bits per heavy atom. The van der Waals surface area contributed by atoms with Gasteiger partial charge in [0.15, 0.2) is 17.3 Å². The van der Waals surface area contributed by atoms with Crippen molar-refractivity contribution < 1.29 is 37.7 Å². The van der Waals surface area contributed by atoms with Crippen molar-refractivity contribution in [3.05, 3.63) is 88.9 Å². The Bertz CT molecular complexity index is 1690. The standard InChI is InChI=1S/C34H38FN5O7/c1-3-12-45-13-14-46-15-16-47-28-10-11-29(44-2)31(35)30(28)32(41)21-4-6-22(7-5-21)33(42)38-26-19-36-20-27(26)39-34(43)23-8-9-24-18-37-40-25(24)17-23/h4-11,17-18,26-27,36H,3,12-16,19-20H2,1-2H3,(H,37,40)(H,38,42)(H,39,43)/t26-,27-/m1/s1. The van der Waals surface area contributed by atoms with Gasteiger partial charge in [-0.1, -0.05) is 25.1 Å². The lowest BCUT2D eigenvalue weighted by Gasteiger charge is -2.21. The van der Waals surface area contributed by atoms with Crippen LogP contribution < -0.4 is 25.4 Å². The van der Waals surface area contributed by atoms with Gasteiger partial charge in [0.05, 0.1) is 50.7 Å². The molecule has 4 N–H and O–H groups in total. The fourth-order valence-corrected chi connectivity index (χ4v) is 5.19. The second-order valence-corrected chi connectivity index (χ2v) is 10.9. The molecule has 248 valence electrons. The highest BCUT2D eigenvalue weighted by atomic mass is 19.1. The zero-order chi connectivity index (χ0) is 33.2. The van der Waals surface area contributed by atoms with Crippen LogP contribution in [0.3, 0.4) is 0 Å². The molecule has 0 unspecified atom stereocenters. The molecule has 12 nitrogen and oxygen atoms in total. The zero-order valence-electron chi connectivity index (χ0n) is 26.3. The van der Waals surface area contributed by atoms with Crippen LogP contribution in [-0.2, 0) is 9.47 Å². The van der Waals surface area contributed by atoms with Crippen LogP contribution >= 0.6 is 0 Å². The van der Waals surface area contributed by atoms with Gasteiger partial charge in [0.1, 0.15) is 17.9 Å². The Hall–Kier alpha value is -4.85. The summed E-state index contributed by atoms with van der Waals surface area (Å²) in [5.41, 5.74) is 1.40. The van der Waals surface area contributed by atoms with Crippen molar-refractivity contribution in [1.82, 2.24) is 26.1 Å². The number of fused-ring (bicyclic) bond motifs is 1. The van der Waals surface area contributed by atoms with E-state index in [0.717, 1.165) is 17.3 Å². The lowest BCUT2D eigenvalue weighted by Crippen LogP contribution is -2.51. The number of nitrogens with zero attached hydrogens (tertiary/aromatic N) is 1. The van der Waals surface area contributed by atoms with Gasteiger partial charge in [-0.2, -0.15) is 5.10 Å². The number of H-pyrrole nitrogens is 1. The summed E-state index contributed by atoms with van der Waals surface area (Å²) in [5.74, 6) is -2.19. The monoisotopic (exact) mass is 647 g/mol. The Balaban J connectivity index is 1.20. The number of rotatable bonds is 16. The number of nitrogens with one attached hydrogen (secondary N) is 4. The number of amides is 2. The molecule has 0 bridgehead atoms. The minimum Gasteiger partial charge on any atom is -0.494 e. The van der Waals surface area contributed by atoms with Crippen LogP contribution in [0.4, 0.5) is 4.39 Å². The zero-order valence-corrected chi connectivity index (χ0v) is 26.3. The molecule has 0 saturated carbocycles. The lowest BCUT2D eigenvalue weighted by molar-refractivity contribution is 0.0364. The Morgan fingerprint density at radius 2 is 1.45 bits per heavy atom. The molecular weight excluding hydrogens is 609 g/mol. The number of hydrogen-bond acceptors (Lipinski definition) is 9. The second kappa shape index (κ2) is 16.1. The molecule has 1 aliphatic rings. The number of aromatic nitrogens is 2. The molecule has 0 radical (unpaired) electrons. The van der Waals surface area contributed by atoms with E-state index < -0.39 is 11.6 Å². The minimum absolute atomic E-state index is 0.0484. The van der Waals surface area contributed by atoms with Crippen LogP contribution in [0.15, 0.2) is 60.8 Å². The summed E-state index contributed by atoms with van der Waals surface area (Å²) in [4.78, 5) is 39.6. The summed E-state index contributed by atoms with van der Waals surface area (Å²) in [6, 6.07) is 13.3. The molecule has 1 aliphatic heterocycles. The second-order valence-electron chi connectivity index (χ2n) is 10.9. The van der Waals surface area contributed by atoms with Crippen LogP contribution in [0.1, 0.15) is 50.0 Å². The first-order chi connectivity index (χ1) is 22.9. The highest BCUT2D eigenvalue weighted by Gasteiger charge is 2.30. The number of benzene rings is 3. The van der Waals surface area contributed by atoms with E-state index >= 15 is 4.39 Å². The number of halogens is 1. The molecule has 13 heteroatoms. The molecule has 4 aromatic rings. The first-order valence-electron chi connectivity index (χ1n) is 15.4. The van der Waals surface area contributed by atoms with E-state index in [2.05, 4.69) is 26.1 Å². The summed E-state index contributed by atoms with van der Waals surface area (Å²) in [5, 5.41) is 16.9. The molecule has 2 atom stereocenters. The number of ether oxygens (including phenoxy) is 4. The number of methoxy groups -OCH3 is 1. The molecule has 1 aromatic heterocycles. The van der Waals surface area contributed by atoms with Gasteiger partial charge in [-0.3, -0.25) is 19.5 Å². The predicted octanol–water partition coefficient (Wildman–Crippen LogP) is 3.26. The van der Waals surface area contributed by atoms with E-state index in [0.29, 0.717) is 44.0 Å². The van der Waals surface area contributed by atoms with Crippen molar-refractivity contribution in [3.63, 3.8) is 0 Å². The van der Waals surface area contributed by atoms with E-state index in [1.165, 1.54) is 43.5 Å². The largest absolute Gasteiger partial charge is 0.494 e. The maximum Gasteiger partial charge on any atom is 0.251 e. The molecule has 1 saturated heterocycles. The van der Waals surface area contributed by atoms with E-state index in [4.69, 9.17) is 18.9 Å². The van der Waals surface area contributed by atoms with Crippen molar-refractivity contribution >= 4 is 28.5 Å². The topological polar surface area (TPSA) is 153 Å². The van der Waals surface area contributed by atoms with Gasteiger partial charge in [0, 0.05) is 41.8 Å². The Kier molecular flexibility index (Phi) is 11.5. The molecule has 47 heavy (non-hydrogen) atoms. The highest BCUT2D eigenvalue weighted by molar-refractivity contribution is 6.11. The summed E-state index contributed by atoms with van der Waals surface area (Å²) in [6.45, 7) is 4.79. The third-order valence-corrected chi connectivity index (χ3v) is 7.68. The van der Waals surface area contributed by atoms with Crippen molar-refractivity contribution in [2.45, 2.75) is 25.4 Å². The molecule has 0 spiro atoms. The van der Waals surface area contributed by atoms with Gasteiger partial charge in [-0.15, -0.1) is 0 Å². The first kappa shape index (κ1) is 33.5. The van der Waals surface area contributed by atoms with Crippen LogP contribution in [0.2, 0.25) is 0 Å².